The topological polar surface area (TPSA) is 43.4 Å². The molecule has 8 heteroatoms. The lowest BCUT2D eigenvalue weighted by molar-refractivity contribution is 0.0605. The van der Waals surface area contributed by atoms with Crippen LogP contribution >= 0.6 is 57.5 Å². The summed E-state index contributed by atoms with van der Waals surface area (Å²) in [5, 5.41) is 0.654. The molecule has 0 N–H and O–H groups in total. The van der Waals surface area contributed by atoms with E-state index >= 15 is 0 Å². The fourth-order valence-corrected chi connectivity index (χ4v) is 6.10. The third-order valence-electron chi connectivity index (χ3n) is 4.28. The van der Waals surface area contributed by atoms with E-state index in [1.165, 1.54) is 35.9 Å². The number of allylic oxidation sites excluding steroid dienone is 2. The van der Waals surface area contributed by atoms with Crippen molar-refractivity contribution in [3.63, 3.8) is 0 Å². The van der Waals surface area contributed by atoms with E-state index in [0.717, 1.165) is 36.8 Å². The van der Waals surface area contributed by atoms with Gasteiger partial charge in [-0.15, -0.1) is 22.7 Å². The molecule has 1 aliphatic carbocycles. The van der Waals surface area contributed by atoms with Crippen LogP contribution < -0.4 is 0 Å². The van der Waals surface area contributed by atoms with Gasteiger partial charge in [-0.1, -0.05) is 34.8 Å². The Morgan fingerprint density at radius 3 is 2.12 bits per heavy atom. The molecule has 0 spiro atoms. The number of rotatable bonds is 4. The second-order valence-electron chi connectivity index (χ2n) is 5.94. The molecule has 0 radical (unpaired) electrons. The van der Waals surface area contributed by atoms with Crippen LogP contribution in [-0.2, 0) is 17.6 Å². The van der Waals surface area contributed by atoms with Crippen molar-refractivity contribution >= 4 is 74.8 Å². The average molecular weight is 450 g/mol. The molecule has 2 aromatic rings. The molecular formula is C18H15Cl3O3S2. The monoisotopic (exact) mass is 448 g/mol. The highest BCUT2D eigenvalue weighted by Crippen LogP contribution is 2.44. The number of fused-ring (bicyclic) bond motifs is 1. The maximum Gasteiger partial charge on any atom is 0.348 e. The number of ether oxygens (including phenoxy) is 1. The summed E-state index contributed by atoms with van der Waals surface area (Å²) < 4.78 is 5.27. The van der Waals surface area contributed by atoms with Crippen LogP contribution in [0.1, 0.15) is 55.1 Å². The lowest BCUT2D eigenvalue weighted by atomic mass is 9.91. The number of esters is 1. The van der Waals surface area contributed by atoms with E-state index in [1.807, 2.05) is 0 Å². The molecule has 3 nitrogen and oxygen atoms in total. The van der Waals surface area contributed by atoms with Crippen LogP contribution in [0.2, 0.25) is 14.4 Å². The Balaban J connectivity index is 2.01. The summed E-state index contributed by atoms with van der Waals surface area (Å²) in [5.41, 5.74) is 2.63. The summed E-state index contributed by atoms with van der Waals surface area (Å²) in [4.78, 5) is 26.8. The highest BCUT2D eigenvalue weighted by Gasteiger charge is 2.27. The third kappa shape index (κ3) is 3.60. The number of methoxy groups -OCH3 is 1. The highest BCUT2D eigenvalue weighted by atomic mass is 35.5. The van der Waals surface area contributed by atoms with Crippen molar-refractivity contribution in [3.05, 3.63) is 46.2 Å². The first-order valence-electron chi connectivity index (χ1n) is 7.94. The first-order chi connectivity index (χ1) is 12.3. The third-order valence-corrected chi connectivity index (χ3v) is 8.25. The van der Waals surface area contributed by atoms with E-state index in [2.05, 4.69) is 0 Å². The summed E-state index contributed by atoms with van der Waals surface area (Å²) in [5.74, 6) is -0.523. The van der Waals surface area contributed by atoms with E-state index in [0.29, 0.717) is 34.6 Å². The number of carbonyl (C=O) groups is 2. The molecule has 0 amide bonds. The second-order valence-corrected chi connectivity index (χ2v) is 9.34. The van der Waals surface area contributed by atoms with E-state index < -0.39 is 0 Å². The summed E-state index contributed by atoms with van der Waals surface area (Å²) >= 11 is 20.7. The van der Waals surface area contributed by atoms with Crippen molar-refractivity contribution in [1.82, 2.24) is 0 Å². The number of thiophene rings is 2. The van der Waals surface area contributed by atoms with Crippen molar-refractivity contribution < 1.29 is 14.3 Å². The van der Waals surface area contributed by atoms with Gasteiger partial charge in [-0.25, -0.2) is 4.79 Å². The number of carbonyl (C=O) groups excluding carboxylic acids is 2. The molecule has 2 heterocycles. The minimum Gasteiger partial charge on any atom is -0.465 e. The van der Waals surface area contributed by atoms with Gasteiger partial charge in [0.05, 0.1) is 26.9 Å². The minimum absolute atomic E-state index is 0.141. The first-order valence-corrected chi connectivity index (χ1v) is 10.7. The fourth-order valence-electron chi connectivity index (χ4n) is 3.03. The lowest BCUT2D eigenvalue weighted by Gasteiger charge is -2.13. The summed E-state index contributed by atoms with van der Waals surface area (Å²) in [6.07, 6.45) is 5.15. The average Bonchev–Trinajstić information content (AvgIpc) is 3.14. The molecule has 2 aromatic heterocycles. The van der Waals surface area contributed by atoms with Gasteiger partial charge in [0.15, 0.2) is 5.78 Å². The van der Waals surface area contributed by atoms with Crippen molar-refractivity contribution in [2.24, 2.45) is 0 Å². The Bertz CT molecular complexity index is 925. The Hall–Kier alpha value is -0.850. The van der Waals surface area contributed by atoms with Crippen molar-refractivity contribution in [3.8, 4) is 0 Å². The van der Waals surface area contributed by atoms with Gasteiger partial charge in [0.1, 0.15) is 9.21 Å². The molecule has 0 saturated carbocycles. The number of hydrogen-bond acceptors (Lipinski definition) is 5. The van der Waals surface area contributed by atoms with Gasteiger partial charge in [-0.3, -0.25) is 4.79 Å². The van der Waals surface area contributed by atoms with E-state index in [1.54, 1.807) is 6.92 Å². The van der Waals surface area contributed by atoms with Gasteiger partial charge >= 0.3 is 5.97 Å². The van der Waals surface area contributed by atoms with Crippen LogP contribution in [0.5, 0.6) is 0 Å². The number of halogens is 3. The zero-order valence-electron chi connectivity index (χ0n) is 14.1. The molecule has 1 aliphatic rings. The molecular weight excluding hydrogens is 435 g/mol. The van der Waals surface area contributed by atoms with Crippen LogP contribution in [-0.4, -0.2) is 18.9 Å². The van der Waals surface area contributed by atoms with E-state index in [-0.39, 0.29) is 11.8 Å². The molecule has 0 unspecified atom stereocenters. The van der Waals surface area contributed by atoms with E-state index in [9.17, 15) is 9.59 Å². The molecule has 3 rings (SSSR count). The van der Waals surface area contributed by atoms with Gasteiger partial charge in [-0.05, 0) is 55.4 Å². The minimum atomic E-state index is -0.382. The Labute approximate surface area is 174 Å². The first kappa shape index (κ1) is 19.9. The van der Waals surface area contributed by atoms with Crippen LogP contribution in [0.3, 0.4) is 0 Å². The Morgan fingerprint density at radius 2 is 1.58 bits per heavy atom. The largest absolute Gasteiger partial charge is 0.465 e. The summed E-state index contributed by atoms with van der Waals surface area (Å²) in [6, 6.07) is 0. The van der Waals surface area contributed by atoms with Crippen LogP contribution in [0.15, 0.2) is 6.08 Å². The molecule has 26 heavy (non-hydrogen) atoms. The van der Waals surface area contributed by atoms with Gasteiger partial charge in [-0.2, -0.15) is 0 Å². The maximum absolute atomic E-state index is 12.9. The van der Waals surface area contributed by atoms with Gasteiger partial charge in [0.25, 0.3) is 0 Å². The quantitative estimate of drug-likeness (QED) is 0.295. The number of hydrogen-bond donors (Lipinski definition) is 0. The molecule has 0 saturated heterocycles. The molecule has 0 aliphatic heterocycles. The lowest BCUT2D eigenvalue weighted by Crippen LogP contribution is -2.08. The zero-order chi connectivity index (χ0) is 19.0. The van der Waals surface area contributed by atoms with Crippen LogP contribution in [0.4, 0.5) is 0 Å². The molecule has 0 aromatic carbocycles. The zero-order valence-corrected chi connectivity index (χ0v) is 18.0. The van der Waals surface area contributed by atoms with Gasteiger partial charge < -0.3 is 4.74 Å². The van der Waals surface area contributed by atoms with Crippen molar-refractivity contribution in [2.45, 2.75) is 32.6 Å². The molecule has 0 bridgehead atoms. The second kappa shape index (κ2) is 8.03. The molecule has 0 fully saturated rings. The van der Waals surface area contributed by atoms with Crippen LogP contribution in [0, 0.1) is 0 Å². The molecule has 0 atom stereocenters. The van der Waals surface area contributed by atoms with Crippen molar-refractivity contribution in [2.75, 3.05) is 7.11 Å². The normalized spacial score (nSPS) is 14.3. The SMILES string of the molecule is COC(=O)c1sc(C(=O)/C=C(/C)c2sc(Cl)c(Cl)c2Cl)c2c1CCCC2. The smallest absolute Gasteiger partial charge is 0.348 e. The molecule has 138 valence electrons. The summed E-state index contributed by atoms with van der Waals surface area (Å²) in [7, 11) is 1.36. The standard InChI is InChI=1S/C18H15Cl3O3S2/c1-8(14-12(19)13(20)17(21)26-14)7-11(22)15-9-5-3-4-6-10(9)16(25-15)18(23)24-2/h7H,3-6H2,1-2H3/b8-7-. The maximum atomic E-state index is 12.9. The van der Waals surface area contributed by atoms with Gasteiger partial charge in [0, 0.05) is 0 Å². The number of ketones is 1. The predicted molar refractivity (Wildman–Crippen MR) is 110 cm³/mol. The van der Waals surface area contributed by atoms with E-state index in [4.69, 9.17) is 39.5 Å². The van der Waals surface area contributed by atoms with Crippen LogP contribution in [0.25, 0.3) is 5.57 Å². The Kier molecular flexibility index (Phi) is 6.14. The Morgan fingerprint density at radius 1 is 0.962 bits per heavy atom. The summed E-state index contributed by atoms with van der Waals surface area (Å²) in [6.45, 7) is 1.80. The fraction of sp³-hybridized carbons (Fsp3) is 0.333. The van der Waals surface area contributed by atoms with Crippen molar-refractivity contribution in [1.29, 1.82) is 0 Å². The van der Waals surface area contributed by atoms with Gasteiger partial charge in [0.2, 0.25) is 0 Å². The predicted octanol–water partition coefficient (Wildman–Crippen LogP) is 6.72. The highest BCUT2D eigenvalue weighted by molar-refractivity contribution is 7.18.